The van der Waals surface area contributed by atoms with Crippen molar-refractivity contribution in [2.45, 2.75) is 39.5 Å². The van der Waals surface area contributed by atoms with E-state index in [1.165, 1.54) is 0 Å². The third-order valence-corrected chi connectivity index (χ3v) is 4.30. The van der Waals surface area contributed by atoms with Crippen molar-refractivity contribution in [1.82, 2.24) is 15.3 Å². The number of anilines is 2. The van der Waals surface area contributed by atoms with Gasteiger partial charge in [0, 0.05) is 31.8 Å². The number of aryl methyl sites for hydroxylation is 1. The zero-order chi connectivity index (χ0) is 16.8. The summed E-state index contributed by atoms with van der Waals surface area (Å²) in [7, 11) is 0. The van der Waals surface area contributed by atoms with Crippen LogP contribution < -0.4 is 16.0 Å². The summed E-state index contributed by atoms with van der Waals surface area (Å²) in [6.07, 6.45) is 3.22. The Morgan fingerprint density at radius 1 is 1.48 bits per heavy atom. The lowest BCUT2D eigenvalue weighted by atomic mass is 9.96. The van der Waals surface area contributed by atoms with Crippen LogP contribution >= 0.6 is 0 Å². The topological polar surface area (TPSA) is 104 Å². The number of aromatic nitrogens is 2. The second kappa shape index (κ2) is 8.10. The third kappa shape index (κ3) is 4.31. The average Bonchev–Trinajstić information content (AvgIpc) is 2.56. The number of carbonyl (C=O) groups excluding carboxylic acids is 1. The molecule has 0 unspecified atom stereocenters. The van der Waals surface area contributed by atoms with Crippen LogP contribution in [0.5, 0.6) is 0 Å². The van der Waals surface area contributed by atoms with E-state index in [-0.39, 0.29) is 24.4 Å². The maximum absolute atomic E-state index is 12.2. The molecule has 1 amide bonds. The van der Waals surface area contributed by atoms with Crippen molar-refractivity contribution in [3.05, 3.63) is 11.3 Å². The number of nitrogen functional groups attached to an aromatic ring is 1. The van der Waals surface area contributed by atoms with E-state index in [4.69, 9.17) is 10.8 Å². The number of hydrogen-bond acceptors (Lipinski definition) is 6. The summed E-state index contributed by atoms with van der Waals surface area (Å²) >= 11 is 0. The molecule has 0 bridgehead atoms. The van der Waals surface area contributed by atoms with Gasteiger partial charge in [0.25, 0.3) is 0 Å². The molecule has 2 rings (SSSR count). The van der Waals surface area contributed by atoms with Crippen molar-refractivity contribution in [2.75, 3.05) is 36.9 Å². The van der Waals surface area contributed by atoms with E-state index < -0.39 is 0 Å². The molecule has 0 radical (unpaired) electrons. The van der Waals surface area contributed by atoms with Crippen LogP contribution in [0.1, 0.15) is 37.4 Å². The summed E-state index contributed by atoms with van der Waals surface area (Å²) in [4.78, 5) is 23.1. The van der Waals surface area contributed by atoms with Gasteiger partial charge in [-0.15, -0.1) is 0 Å². The Morgan fingerprint density at radius 3 is 2.96 bits per heavy atom. The summed E-state index contributed by atoms with van der Waals surface area (Å²) in [6.45, 7) is 6.19. The molecule has 7 heteroatoms. The smallest absolute Gasteiger partial charge is 0.224 e. The first kappa shape index (κ1) is 17.5. The van der Waals surface area contributed by atoms with E-state index >= 15 is 0 Å². The van der Waals surface area contributed by atoms with E-state index in [9.17, 15) is 4.79 Å². The number of aliphatic hydroxyl groups is 1. The van der Waals surface area contributed by atoms with Gasteiger partial charge in [-0.25, -0.2) is 4.98 Å². The number of rotatable bonds is 6. The first-order chi connectivity index (χ1) is 11.1. The van der Waals surface area contributed by atoms with Crippen molar-refractivity contribution in [1.29, 1.82) is 0 Å². The van der Waals surface area contributed by atoms with E-state index in [1.54, 1.807) is 0 Å². The highest BCUT2D eigenvalue weighted by atomic mass is 16.3. The zero-order valence-corrected chi connectivity index (χ0v) is 14.0. The third-order valence-electron chi connectivity index (χ3n) is 4.30. The highest BCUT2D eigenvalue weighted by Gasteiger charge is 2.27. The van der Waals surface area contributed by atoms with E-state index in [2.05, 4.69) is 20.2 Å². The summed E-state index contributed by atoms with van der Waals surface area (Å²) < 4.78 is 0. The van der Waals surface area contributed by atoms with E-state index in [1.807, 2.05) is 13.8 Å². The Kier molecular flexibility index (Phi) is 6.15. The number of hydrogen-bond donors (Lipinski definition) is 3. The second-order valence-corrected chi connectivity index (χ2v) is 5.98. The molecule has 1 aliphatic rings. The lowest BCUT2D eigenvalue weighted by Gasteiger charge is -2.34. The van der Waals surface area contributed by atoms with Crippen LogP contribution in [0.25, 0.3) is 0 Å². The molecule has 0 aromatic carbocycles. The van der Waals surface area contributed by atoms with Gasteiger partial charge in [0.15, 0.2) is 0 Å². The second-order valence-electron chi connectivity index (χ2n) is 5.98. The monoisotopic (exact) mass is 321 g/mol. The van der Waals surface area contributed by atoms with Gasteiger partial charge in [0.2, 0.25) is 11.9 Å². The summed E-state index contributed by atoms with van der Waals surface area (Å²) in [5, 5.41) is 11.7. The molecule has 7 nitrogen and oxygen atoms in total. The number of carbonyl (C=O) groups is 1. The minimum absolute atomic E-state index is 0.0527. The lowest BCUT2D eigenvalue weighted by Crippen LogP contribution is -2.44. The minimum atomic E-state index is -0.0527. The Bertz CT molecular complexity index is 550. The van der Waals surface area contributed by atoms with Crippen LogP contribution in [0.4, 0.5) is 11.8 Å². The van der Waals surface area contributed by atoms with Crippen LogP contribution in [0, 0.1) is 12.8 Å². The standard InChI is InChI=1S/C16H27N5O2/c1-3-13-11(2)14(20-16(17)19-13)21-8-4-6-12(10-21)15(23)18-7-5-9-22/h12,22H,3-10H2,1-2H3,(H,18,23)(H2,17,19,20)/t12-/m0/s1. The largest absolute Gasteiger partial charge is 0.396 e. The van der Waals surface area contributed by atoms with Gasteiger partial charge in [-0.3, -0.25) is 4.79 Å². The molecule has 1 fully saturated rings. The van der Waals surface area contributed by atoms with Crippen LogP contribution in [0.15, 0.2) is 0 Å². The fourth-order valence-electron chi connectivity index (χ4n) is 3.04. The highest BCUT2D eigenvalue weighted by molar-refractivity contribution is 5.79. The molecule has 1 atom stereocenters. The highest BCUT2D eigenvalue weighted by Crippen LogP contribution is 2.26. The van der Waals surface area contributed by atoms with Crippen molar-refractivity contribution in [3.8, 4) is 0 Å². The van der Waals surface area contributed by atoms with Gasteiger partial charge < -0.3 is 21.1 Å². The van der Waals surface area contributed by atoms with Gasteiger partial charge in [0.05, 0.1) is 11.6 Å². The number of nitrogens with one attached hydrogen (secondary N) is 1. The molecule has 1 aromatic rings. The van der Waals surface area contributed by atoms with E-state index in [0.717, 1.165) is 42.9 Å². The van der Waals surface area contributed by atoms with Crippen molar-refractivity contribution >= 4 is 17.7 Å². The molecular weight excluding hydrogens is 294 g/mol. The van der Waals surface area contributed by atoms with Crippen molar-refractivity contribution in [3.63, 3.8) is 0 Å². The maximum atomic E-state index is 12.2. The Morgan fingerprint density at radius 2 is 2.26 bits per heavy atom. The number of piperidine rings is 1. The Balaban J connectivity index is 2.09. The van der Waals surface area contributed by atoms with Gasteiger partial charge in [-0.05, 0) is 32.6 Å². The van der Waals surface area contributed by atoms with Crippen LogP contribution in [-0.2, 0) is 11.2 Å². The molecular formula is C16H27N5O2. The number of amides is 1. The molecule has 2 heterocycles. The molecule has 0 spiro atoms. The number of aliphatic hydroxyl groups excluding tert-OH is 1. The minimum Gasteiger partial charge on any atom is -0.396 e. The van der Waals surface area contributed by atoms with Crippen LogP contribution in [0.2, 0.25) is 0 Å². The van der Waals surface area contributed by atoms with Gasteiger partial charge in [-0.1, -0.05) is 6.92 Å². The van der Waals surface area contributed by atoms with Gasteiger partial charge in [0.1, 0.15) is 5.82 Å². The van der Waals surface area contributed by atoms with Crippen molar-refractivity contribution in [2.24, 2.45) is 5.92 Å². The molecule has 1 saturated heterocycles. The summed E-state index contributed by atoms with van der Waals surface area (Å²) in [5.41, 5.74) is 7.84. The molecule has 1 aliphatic heterocycles. The molecule has 0 saturated carbocycles. The fraction of sp³-hybridized carbons (Fsp3) is 0.688. The summed E-state index contributed by atoms with van der Waals surface area (Å²) in [5.74, 6) is 1.14. The molecule has 1 aromatic heterocycles. The SMILES string of the molecule is CCc1nc(N)nc(N2CCC[C@H](C(=O)NCCCO)C2)c1C. The van der Waals surface area contributed by atoms with Crippen LogP contribution in [0.3, 0.4) is 0 Å². The predicted octanol–water partition coefficient (Wildman–Crippen LogP) is 0.645. The van der Waals surface area contributed by atoms with Crippen molar-refractivity contribution < 1.29 is 9.90 Å². The van der Waals surface area contributed by atoms with Crippen LogP contribution in [-0.4, -0.2) is 47.2 Å². The van der Waals surface area contributed by atoms with Gasteiger partial charge >= 0.3 is 0 Å². The Labute approximate surface area is 137 Å². The zero-order valence-electron chi connectivity index (χ0n) is 14.0. The first-order valence-electron chi connectivity index (χ1n) is 8.33. The van der Waals surface area contributed by atoms with Gasteiger partial charge in [-0.2, -0.15) is 4.98 Å². The number of nitrogens with two attached hydrogens (primary N) is 1. The first-order valence-corrected chi connectivity index (χ1v) is 8.33. The maximum Gasteiger partial charge on any atom is 0.224 e. The summed E-state index contributed by atoms with van der Waals surface area (Å²) in [6, 6.07) is 0. The predicted molar refractivity (Wildman–Crippen MR) is 90.2 cm³/mol. The van der Waals surface area contributed by atoms with E-state index in [0.29, 0.717) is 19.5 Å². The number of nitrogens with zero attached hydrogens (tertiary/aromatic N) is 3. The molecule has 0 aliphatic carbocycles. The fourth-order valence-corrected chi connectivity index (χ4v) is 3.04. The Hall–Kier alpha value is -1.89. The molecule has 23 heavy (non-hydrogen) atoms. The lowest BCUT2D eigenvalue weighted by molar-refractivity contribution is -0.125. The quantitative estimate of drug-likeness (QED) is 0.664. The normalized spacial score (nSPS) is 18.0. The molecule has 4 N–H and O–H groups in total. The molecule has 128 valence electrons. The average molecular weight is 321 g/mol.